The van der Waals surface area contributed by atoms with Crippen molar-refractivity contribution in [2.45, 2.75) is 32.5 Å². The monoisotopic (exact) mass is 454 g/mol. The topological polar surface area (TPSA) is 62.6 Å². The van der Waals surface area contributed by atoms with E-state index in [4.69, 9.17) is 4.42 Å². The van der Waals surface area contributed by atoms with Crippen LogP contribution in [0.5, 0.6) is 0 Å². The molecule has 0 aliphatic carbocycles. The number of hydrogen-bond donors (Lipinski definition) is 1. The second kappa shape index (κ2) is 10.1. The van der Waals surface area contributed by atoms with Crippen LogP contribution in [0, 0.1) is 0 Å². The number of halogens is 1. The average molecular weight is 455 g/mol. The summed E-state index contributed by atoms with van der Waals surface area (Å²) in [6.45, 7) is 2.29. The molecule has 1 heterocycles. The van der Waals surface area contributed by atoms with Gasteiger partial charge >= 0.3 is 0 Å². The van der Waals surface area contributed by atoms with Crippen molar-refractivity contribution in [2.75, 3.05) is 0 Å². The number of benzene rings is 2. The molecule has 5 nitrogen and oxygen atoms in total. The van der Waals surface area contributed by atoms with Gasteiger partial charge in [-0.2, -0.15) is 0 Å². The van der Waals surface area contributed by atoms with Gasteiger partial charge in [-0.25, -0.2) is 0 Å². The molecule has 0 saturated heterocycles. The summed E-state index contributed by atoms with van der Waals surface area (Å²) in [6.07, 6.45) is 1.76. The molecule has 6 heteroatoms. The summed E-state index contributed by atoms with van der Waals surface area (Å²) in [5.41, 5.74) is 1.92. The number of hydrogen-bond acceptors (Lipinski definition) is 3. The lowest BCUT2D eigenvalue weighted by atomic mass is 10.0. The zero-order valence-electron chi connectivity index (χ0n) is 16.2. The zero-order chi connectivity index (χ0) is 20.6. The first-order valence-corrected chi connectivity index (χ1v) is 10.2. The molecule has 1 aromatic heterocycles. The molecule has 2 aromatic carbocycles. The van der Waals surface area contributed by atoms with E-state index in [1.165, 1.54) is 6.92 Å². The molecule has 3 rings (SSSR count). The maximum Gasteiger partial charge on any atom is 0.225 e. The van der Waals surface area contributed by atoms with Crippen molar-refractivity contribution in [3.63, 3.8) is 0 Å². The third kappa shape index (κ3) is 6.32. The van der Waals surface area contributed by atoms with Crippen LogP contribution in [0.25, 0.3) is 0 Å². The Morgan fingerprint density at radius 2 is 1.72 bits per heavy atom. The van der Waals surface area contributed by atoms with Crippen LogP contribution >= 0.6 is 15.9 Å². The van der Waals surface area contributed by atoms with E-state index in [2.05, 4.69) is 21.2 Å². The summed E-state index contributed by atoms with van der Waals surface area (Å²) < 4.78 is 6.39. The molecule has 0 saturated carbocycles. The zero-order valence-corrected chi connectivity index (χ0v) is 17.8. The molecule has 0 aliphatic heterocycles. The molecule has 0 spiro atoms. The first kappa shape index (κ1) is 20.9. The Kier molecular flexibility index (Phi) is 7.25. The van der Waals surface area contributed by atoms with Crippen LogP contribution in [0.4, 0.5) is 0 Å². The lowest BCUT2D eigenvalue weighted by Crippen LogP contribution is -2.35. The van der Waals surface area contributed by atoms with Gasteiger partial charge in [-0.05, 0) is 35.4 Å². The number of nitrogens with zero attached hydrogens (tertiary/aromatic N) is 1. The van der Waals surface area contributed by atoms with Crippen molar-refractivity contribution in [3.05, 3.63) is 94.4 Å². The third-order valence-electron chi connectivity index (χ3n) is 4.52. The van der Waals surface area contributed by atoms with E-state index in [0.29, 0.717) is 18.8 Å². The highest BCUT2D eigenvalue weighted by Crippen LogP contribution is 2.22. The van der Waals surface area contributed by atoms with Crippen molar-refractivity contribution in [3.8, 4) is 0 Å². The highest BCUT2D eigenvalue weighted by molar-refractivity contribution is 9.10. The van der Waals surface area contributed by atoms with E-state index < -0.39 is 6.04 Å². The Bertz CT molecular complexity index is 925. The standard InChI is InChI=1S/C23H23BrN2O3/c1-17(27)25-22(19-9-11-20(24)12-10-19)14-23(28)26(16-21-8-5-13-29-21)15-18-6-3-2-4-7-18/h2-13,22H,14-16H2,1H3,(H,25,27). The summed E-state index contributed by atoms with van der Waals surface area (Å²) >= 11 is 3.42. The summed E-state index contributed by atoms with van der Waals surface area (Å²) in [7, 11) is 0. The van der Waals surface area contributed by atoms with Crippen molar-refractivity contribution in [1.82, 2.24) is 10.2 Å². The van der Waals surface area contributed by atoms with Crippen molar-refractivity contribution in [2.24, 2.45) is 0 Å². The second-order valence-corrected chi connectivity index (χ2v) is 7.74. The van der Waals surface area contributed by atoms with Gasteiger partial charge in [0.25, 0.3) is 0 Å². The molecule has 0 radical (unpaired) electrons. The molecule has 2 amide bonds. The van der Waals surface area contributed by atoms with Gasteiger partial charge in [0, 0.05) is 17.9 Å². The number of rotatable bonds is 8. The number of carbonyl (C=O) groups is 2. The van der Waals surface area contributed by atoms with Crippen LogP contribution in [0.1, 0.15) is 36.3 Å². The SMILES string of the molecule is CC(=O)NC(CC(=O)N(Cc1ccccc1)Cc1ccco1)c1ccc(Br)cc1. The largest absolute Gasteiger partial charge is 0.467 e. The fourth-order valence-corrected chi connectivity index (χ4v) is 3.39. The Morgan fingerprint density at radius 3 is 2.34 bits per heavy atom. The van der Waals surface area contributed by atoms with Crippen LogP contribution in [-0.4, -0.2) is 16.7 Å². The molecule has 1 unspecified atom stereocenters. The highest BCUT2D eigenvalue weighted by Gasteiger charge is 2.22. The molecule has 0 fully saturated rings. The van der Waals surface area contributed by atoms with E-state index in [9.17, 15) is 9.59 Å². The molecular formula is C23H23BrN2O3. The fraction of sp³-hybridized carbons (Fsp3) is 0.217. The van der Waals surface area contributed by atoms with Crippen LogP contribution in [0.2, 0.25) is 0 Å². The minimum Gasteiger partial charge on any atom is -0.467 e. The van der Waals surface area contributed by atoms with E-state index in [1.54, 1.807) is 11.2 Å². The van der Waals surface area contributed by atoms with E-state index in [-0.39, 0.29) is 18.2 Å². The predicted molar refractivity (Wildman–Crippen MR) is 115 cm³/mol. The Balaban J connectivity index is 1.80. The lowest BCUT2D eigenvalue weighted by molar-refractivity contribution is -0.133. The maximum atomic E-state index is 13.2. The fourth-order valence-electron chi connectivity index (χ4n) is 3.12. The predicted octanol–water partition coefficient (Wildman–Crippen LogP) is 4.84. The van der Waals surface area contributed by atoms with Crippen LogP contribution in [0.3, 0.4) is 0 Å². The summed E-state index contributed by atoms with van der Waals surface area (Å²) in [5.74, 6) is 0.479. The summed E-state index contributed by atoms with van der Waals surface area (Å²) in [4.78, 5) is 26.7. The Labute approximate surface area is 178 Å². The van der Waals surface area contributed by atoms with E-state index in [1.807, 2.05) is 66.7 Å². The molecule has 3 aromatic rings. The van der Waals surface area contributed by atoms with Gasteiger partial charge in [-0.15, -0.1) is 0 Å². The smallest absolute Gasteiger partial charge is 0.225 e. The molecule has 29 heavy (non-hydrogen) atoms. The minimum atomic E-state index is -0.400. The quantitative estimate of drug-likeness (QED) is 0.529. The van der Waals surface area contributed by atoms with Gasteiger partial charge in [0.1, 0.15) is 5.76 Å². The average Bonchev–Trinajstić information content (AvgIpc) is 3.21. The van der Waals surface area contributed by atoms with Crippen molar-refractivity contribution in [1.29, 1.82) is 0 Å². The first-order valence-electron chi connectivity index (χ1n) is 9.38. The highest BCUT2D eigenvalue weighted by atomic mass is 79.9. The molecule has 0 aliphatic rings. The van der Waals surface area contributed by atoms with Crippen LogP contribution < -0.4 is 5.32 Å². The lowest BCUT2D eigenvalue weighted by Gasteiger charge is -2.25. The molecule has 1 atom stereocenters. The van der Waals surface area contributed by atoms with E-state index >= 15 is 0 Å². The van der Waals surface area contributed by atoms with Crippen molar-refractivity contribution >= 4 is 27.7 Å². The molecular weight excluding hydrogens is 432 g/mol. The number of carbonyl (C=O) groups excluding carboxylic acids is 2. The molecule has 150 valence electrons. The van der Waals surface area contributed by atoms with Gasteiger partial charge in [0.15, 0.2) is 0 Å². The normalized spacial score (nSPS) is 11.7. The van der Waals surface area contributed by atoms with Gasteiger partial charge in [0.05, 0.1) is 25.3 Å². The second-order valence-electron chi connectivity index (χ2n) is 6.82. The summed E-state index contributed by atoms with van der Waals surface area (Å²) in [6, 6.07) is 20.7. The molecule has 0 bridgehead atoms. The van der Waals surface area contributed by atoms with Crippen molar-refractivity contribution < 1.29 is 14.0 Å². The van der Waals surface area contributed by atoms with Crippen LogP contribution in [0.15, 0.2) is 81.9 Å². The minimum absolute atomic E-state index is 0.0630. The number of furan rings is 1. The third-order valence-corrected chi connectivity index (χ3v) is 5.05. The maximum absolute atomic E-state index is 13.2. The Hall–Kier alpha value is -2.86. The first-order chi connectivity index (χ1) is 14.0. The van der Waals surface area contributed by atoms with Gasteiger partial charge in [-0.3, -0.25) is 9.59 Å². The van der Waals surface area contributed by atoms with Gasteiger partial charge < -0.3 is 14.6 Å². The number of amides is 2. The number of nitrogens with one attached hydrogen (secondary N) is 1. The van der Waals surface area contributed by atoms with Gasteiger partial charge in [0.2, 0.25) is 11.8 Å². The van der Waals surface area contributed by atoms with E-state index in [0.717, 1.165) is 15.6 Å². The Morgan fingerprint density at radius 1 is 1.00 bits per heavy atom. The van der Waals surface area contributed by atoms with Crippen LogP contribution in [-0.2, 0) is 22.7 Å². The summed E-state index contributed by atoms with van der Waals surface area (Å²) in [5, 5.41) is 2.90. The molecule has 1 N–H and O–H groups in total. The van der Waals surface area contributed by atoms with Gasteiger partial charge in [-0.1, -0.05) is 58.4 Å².